The van der Waals surface area contributed by atoms with E-state index in [1.807, 2.05) is 0 Å². The molecule has 0 saturated carbocycles. The first-order chi connectivity index (χ1) is 11.7. The van der Waals surface area contributed by atoms with Crippen LogP contribution in [0.1, 0.15) is 51.9 Å². The van der Waals surface area contributed by atoms with Crippen LogP contribution in [0.4, 0.5) is 8.78 Å². The van der Waals surface area contributed by atoms with Gasteiger partial charge in [0.15, 0.2) is 11.6 Å². The van der Waals surface area contributed by atoms with Gasteiger partial charge in [-0.1, -0.05) is 69.7 Å². The first-order valence-corrected chi connectivity index (χ1v) is 8.89. The second kappa shape index (κ2) is 10.1. The zero-order chi connectivity index (χ0) is 17.2. The van der Waals surface area contributed by atoms with Crippen molar-refractivity contribution < 1.29 is 13.5 Å². The topological polar surface area (TPSA) is 9.23 Å². The van der Waals surface area contributed by atoms with Crippen LogP contribution in [0.15, 0.2) is 42.5 Å². The molecule has 2 rings (SSSR count). The van der Waals surface area contributed by atoms with Gasteiger partial charge >= 0.3 is 0 Å². The fraction of sp³-hybridized carbons (Fsp3) is 0.429. The van der Waals surface area contributed by atoms with Crippen molar-refractivity contribution in [2.45, 2.75) is 51.9 Å². The van der Waals surface area contributed by atoms with Gasteiger partial charge in [-0.2, -0.15) is 0 Å². The maximum absolute atomic E-state index is 13.8. The molecule has 0 aliphatic carbocycles. The van der Waals surface area contributed by atoms with Crippen molar-refractivity contribution in [2.75, 3.05) is 6.61 Å². The molecule has 0 aromatic heterocycles. The molecule has 0 saturated heterocycles. The Morgan fingerprint density at radius 1 is 0.792 bits per heavy atom. The van der Waals surface area contributed by atoms with Crippen molar-refractivity contribution in [3.8, 4) is 16.9 Å². The zero-order valence-corrected chi connectivity index (χ0v) is 14.4. The van der Waals surface area contributed by atoms with E-state index in [9.17, 15) is 8.78 Å². The Labute approximate surface area is 143 Å². The predicted octanol–water partition coefficient (Wildman–Crippen LogP) is 6.76. The van der Waals surface area contributed by atoms with Crippen LogP contribution in [0.5, 0.6) is 5.75 Å². The molecule has 0 amide bonds. The first-order valence-electron chi connectivity index (χ1n) is 8.89. The maximum Gasteiger partial charge on any atom is 0.166 e. The van der Waals surface area contributed by atoms with Crippen LogP contribution in [0.2, 0.25) is 0 Å². The maximum atomic E-state index is 13.8. The van der Waals surface area contributed by atoms with E-state index < -0.39 is 11.6 Å². The lowest BCUT2D eigenvalue weighted by molar-refractivity contribution is 0.304. The van der Waals surface area contributed by atoms with E-state index in [4.69, 9.17) is 4.74 Å². The van der Waals surface area contributed by atoms with Crippen LogP contribution in [-0.4, -0.2) is 6.61 Å². The van der Waals surface area contributed by atoms with Crippen LogP contribution in [0.25, 0.3) is 11.1 Å². The number of halogens is 2. The van der Waals surface area contributed by atoms with Crippen molar-refractivity contribution in [3.05, 3.63) is 54.1 Å². The number of rotatable bonds is 10. The second-order valence-electron chi connectivity index (χ2n) is 6.10. The summed E-state index contributed by atoms with van der Waals surface area (Å²) < 4.78 is 32.8. The predicted molar refractivity (Wildman–Crippen MR) is 95.3 cm³/mol. The average molecular weight is 332 g/mol. The molecule has 0 N–H and O–H groups in total. The van der Waals surface area contributed by atoms with E-state index in [0.29, 0.717) is 12.2 Å². The minimum Gasteiger partial charge on any atom is -0.494 e. The molecule has 1 nitrogen and oxygen atoms in total. The number of ether oxygens (including phenoxy) is 1. The Balaban J connectivity index is 1.75. The van der Waals surface area contributed by atoms with Crippen LogP contribution in [0, 0.1) is 11.6 Å². The van der Waals surface area contributed by atoms with E-state index in [1.54, 1.807) is 30.3 Å². The SMILES string of the molecule is CCCCCCCCCOc1ccc(-c2cccc(F)c2F)cc1. The van der Waals surface area contributed by atoms with E-state index in [1.165, 1.54) is 44.6 Å². The van der Waals surface area contributed by atoms with Gasteiger partial charge in [-0.05, 0) is 30.2 Å². The number of benzene rings is 2. The third-order valence-electron chi connectivity index (χ3n) is 4.13. The summed E-state index contributed by atoms with van der Waals surface area (Å²) in [4.78, 5) is 0. The van der Waals surface area contributed by atoms with Gasteiger partial charge in [0, 0.05) is 5.56 Å². The molecule has 0 fully saturated rings. The van der Waals surface area contributed by atoms with Gasteiger partial charge in [-0.3, -0.25) is 0 Å². The van der Waals surface area contributed by atoms with Gasteiger partial charge in [0.2, 0.25) is 0 Å². The third-order valence-corrected chi connectivity index (χ3v) is 4.13. The van der Waals surface area contributed by atoms with E-state index >= 15 is 0 Å². The number of hydrogen-bond donors (Lipinski definition) is 0. The second-order valence-corrected chi connectivity index (χ2v) is 6.10. The quantitative estimate of drug-likeness (QED) is 0.437. The molecular formula is C21H26F2O. The molecule has 2 aromatic carbocycles. The molecule has 0 heterocycles. The number of hydrogen-bond acceptors (Lipinski definition) is 1. The lowest BCUT2D eigenvalue weighted by Gasteiger charge is -2.08. The van der Waals surface area contributed by atoms with Crippen LogP contribution < -0.4 is 4.74 Å². The van der Waals surface area contributed by atoms with E-state index in [0.717, 1.165) is 18.2 Å². The molecule has 0 spiro atoms. The summed E-state index contributed by atoms with van der Waals surface area (Å²) in [5.41, 5.74) is 0.920. The Hall–Kier alpha value is -1.90. The number of unbranched alkanes of at least 4 members (excludes halogenated alkanes) is 6. The largest absolute Gasteiger partial charge is 0.494 e. The molecule has 0 bridgehead atoms. The fourth-order valence-corrected chi connectivity index (χ4v) is 2.71. The Morgan fingerprint density at radius 2 is 1.46 bits per heavy atom. The van der Waals surface area contributed by atoms with Crippen molar-refractivity contribution >= 4 is 0 Å². The van der Waals surface area contributed by atoms with Crippen LogP contribution in [0.3, 0.4) is 0 Å². The lowest BCUT2D eigenvalue weighted by Crippen LogP contribution is -1.97. The van der Waals surface area contributed by atoms with Gasteiger partial charge in [0.1, 0.15) is 5.75 Å². The van der Waals surface area contributed by atoms with Gasteiger partial charge in [-0.15, -0.1) is 0 Å². The van der Waals surface area contributed by atoms with Gasteiger partial charge in [0.05, 0.1) is 6.61 Å². The average Bonchev–Trinajstić information content (AvgIpc) is 2.60. The highest BCUT2D eigenvalue weighted by Crippen LogP contribution is 2.26. The summed E-state index contributed by atoms with van der Waals surface area (Å²) in [7, 11) is 0. The first kappa shape index (κ1) is 18.4. The Morgan fingerprint density at radius 3 is 2.17 bits per heavy atom. The molecule has 0 aliphatic rings. The lowest BCUT2D eigenvalue weighted by atomic mass is 10.0. The van der Waals surface area contributed by atoms with Crippen molar-refractivity contribution in [2.24, 2.45) is 0 Å². The normalized spacial score (nSPS) is 10.8. The van der Waals surface area contributed by atoms with Crippen LogP contribution in [-0.2, 0) is 0 Å². The Kier molecular flexibility index (Phi) is 7.73. The highest BCUT2D eigenvalue weighted by Gasteiger charge is 2.09. The molecule has 0 radical (unpaired) electrons. The molecule has 24 heavy (non-hydrogen) atoms. The molecule has 2 aromatic rings. The van der Waals surface area contributed by atoms with Gasteiger partial charge in [0.25, 0.3) is 0 Å². The monoisotopic (exact) mass is 332 g/mol. The molecule has 0 atom stereocenters. The summed E-state index contributed by atoms with van der Waals surface area (Å²) in [6.45, 7) is 2.92. The summed E-state index contributed by atoms with van der Waals surface area (Å²) in [5, 5.41) is 0. The van der Waals surface area contributed by atoms with E-state index in [2.05, 4.69) is 6.92 Å². The summed E-state index contributed by atoms with van der Waals surface area (Å²) >= 11 is 0. The molecule has 0 aliphatic heterocycles. The molecule has 0 unspecified atom stereocenters. The molecule has 3 heteroatoms. The summed E-state index contributed by atoms with van der Waals surface area (Å²) in [6, 6.07) is 11.3. The zero-order valence-electron chi connectivity index (χ0n) is 14.4. The van der Waals surface area contributed by atoms with Gasteiger partial charge < -0.3 is 4.74 Å². The summed E-state index contributed by atoms with van der Waals surface area (Å²) in [6.07, 6.45) is 8.74. The minimum absolute atomic E-state index is 0.272. The van der Waals surface area contributed by atoms with E-state index in [-0.39, 0.29) is 5.56 Å². The Bertz CT molecular complexity index is 608. The third kappa shape index (κ3) is 5.63. The van der Waals surface area contributed by atoms with Gasteiger partial charge in [-0.25, -0.2) is 8.78 Å². The van der Waals surface area contributed by atoms with Crippen molar-refractivity contribution in [3.63, 3.8) is 0 Å². The fourth-order valence-electron chi connectivity index (χ4n) is 2.71. The summed E-state index contributed by atoms with van der Waals surface area (Å²) in [5.74, 6) is -0.873. The highest BCUT2D eigenvalue weighted by molar-refractivity contribution is 5.64. The molecular weight excluding hydrogens is 306 g/mol. The minimum atomic E-state index is -0.827. The van der Waals surface area contributed by atoms with Crippen molar-refractivity contribution in [1.29, 1.82) is 0 Å². The molecule has 130 valence electrons. The standard InChI is InChI=1S/C21H26F2O/c1-2-3-4-5-6-7-8-16-24-18-14-12-17(13-15-18)19-10-9-11-20(22)21(19)23/h9-15H,2-8,16H2,1H3. The van der Waals surface area contributed by atoms with Crippen molar-refractivity contribution in [1.82, 2.24) is 0 Å². The highest BCUT2D eigenvalue weighted by atomic mass is 19.2. The van der Waals surface area contributed by atoms with Crippen LogP contribution >= 0.6 is 0 Å². The smallest absolute Gasteiger partial charge is 0.166 e.